The fourth-order valence-electron chi connectivity index (χ4n) is 4.44. The number of anilines is 2. The summed E-state index contributed by atoms with van der Waals surface area (Å²) in [6.45, 7) is 1.91. The number of carbonyl (C=O) groups is 2. The van der Waals surface area contributed by atoms with Gasteiger partial charge in [0.05, 0.1) is 30.0 Å². The highest BCUT2D eigenvalue weighted by Gasteiger charge is 2.67. The molecule has 3 aliphatic heterocycles. The van der Waals surface area contributed by atoms with Crippen LogP contribution in [0.15, 0.2) is 47.0 Å². The van der Waals surface area contributed by atoms with Gasteiger partial charge in [-0.3, -0.25) is 14.5 Å². The quantitative estimate of drug-likeness (QED) is 0.774. The highest BCUT2D eigenvalue weighted by molar-refractivity contribution is 6.05. The molecule has 30 heavy (non-hydrogen) atoms. The summed E-state index contributed by atoms with van der Waals surface area (Å²) >= 11 is 0. The van der Waals surface area contributed by atoms with Crippen molar-refractivity contribution in [1.29, 1.82) is 0 Å². The highest BCUT2D eigenvalue weighted by Crippen LogP contribution is 2.52. The van der Waals surface area contributed by atoms with Gasteiger partial charge in [0.25, 0.3) is 0 Å². The normalized spacial score (nSPS) is 29.5. The Kier molecular flexibility index (Phi) is 3.88. The van der Waals surface area contributed by atoms with Crippen LogP contribution in [-0.2, 0) is 20.5 Å². The first-order valence-corrected chi connectivity index (χ1v) is 9.28. The van der Waals surface area contributed by atoms with Crippen molar-refractivity contribution in [2.45, 2.75) is 24.8 Å². The van der Waals surface area contributed by atoms with Crippen LogP contribution in [0.4, 0.5) is 24.7 Å². The van der Waals surface area contributed by atoms with E-state index in [1.807, 2.05) is 0 Å². The number of amides is 2. The first-order chi connectivity index (χ1) is 14.2. The van der Waals surface area contributed by atoms with E-state index in [2.05, 4.69) is 10.5 Å². The Morgan fingerprint density at radius 3 is 2.67 bits per heavy atom. The summed E-state index contributed by atoms with van der Waals surface area (Å²) < 4.78 is 49.3. The number of hydrogen-bond acceptors (Lipinski definition) is 5. The first kappa shape index (κ1) is 18.9. The molecule has 1 aromatic heterocycles. The summed E-state index contributed by atoms with van der Waals surface area (Å²) in [6.07, 6.45) is -1.49. The molecule has 3 unspecified atom stereocenters. The van der Waals surface area contributed by atoms with Gasteiger partial charge in [-0.25, -0.2) is 0 Å². The van der Waals surface area contributed by atoms with Crippen LogP contribution in [0, 0.1) is 18.8 Å². The fourth-order valence-corrected chi connectivity index (χ4v) is 4.44. The van der Waals surface area contributed by atoms with Crippen molar-refractivity contribution in [3.05, 3.63) is 53.8 Å². The van der Waals surface area contributed by atoms with Gasteiger partial charge in [-0.2, -0.15) is 13.2 Å². The summed E-state index contributed by atoms with van der Waals surface area (Å²) in [4.78, 5) is 27.5. The number of aromatic nitrogens is 1. The molecule has 3 aliphatic rings. The molecule has 1 spiro atoms. The number of nitrogens with one attached hydrogen (secondary N) is 1. The molecule has 2 fully saturated rings. The van der Waals surface area contributed by atoms with E-state index in [4.69, 9.17) is 9.26 Å². The minimum Gasteiger partial charge on any atom is -0.360 e. The van der Waals surface area contributed by atoms with E-state index in [-0.39, 0.29) is 18.1 Å². The molecule has 10 heteroatoms. The summed E-state index contributed by atoms with van der Waals surface area (Å²) in [5.74, 6) is -1.44. The zero-order chi connectivity index (χ0) is 21.3. The Labute approximate surface area is 168 Å². The number of carbonyl (C=O) groups excluding carboxylic acids is 2. The molecule has 2 amide bonds. The highest BCUT2D eigenvalue weighted by atomic mass is 19.4. The summed E-state index contributed by atoms with van der Waals surface area (Å²) in [5.41, 5.74) is -1.53. The number of aryl methyl sites for hydroxylation is 1. The van der Waals surface area contributed by atoms with Crippen molar-refractivity contribution in [2.24, 2.45) is 11.8 Å². The number of hydrogen-bond donors (Lipinski definition) is 1. The molecule has 7 nitrogen and oxygen atoms in total. The van der Waals surface area contributed by atoms with Gasteiger partial charge < -0.3 is 14.6 Å². The lowest BCUT2D eigenvalue weighted by Gasteiger charge is -2.23. The maximum absolute atomic E-state index is 13.1. The van der Waals surface area contributed by atoms with Crippen LogP contribution in [0.25, 0.3) is 0 Å². The van der Waals surface area contributed by atoms with Crippen molar-refractivity contribution in [3.8, 4) is 0 Å². The predicted octanol–water partition coefficient (Wildman–Crippen LogP) is 2.93. The van der Waals surface area contributed by atoms with Crippen LogP contribution in [-0.4, -0.2) is 35.2 Å². The Morgan fingerprint density at radius 2 is 2.03 bits per heavy atom. The first-order valence-electron chi connectivity index (χ1n) is 9.28. The smallest absolute Gasteiger partial charge is 0.360 e. The van der Waals surface area contributed by atoms with Crippen molar-refractivity contribution >= 4 is 23.3 Å². The van der Waals surface area contributed by atoms with Gasteiger partial charge in [0, 0.05) is 11.8 Å². The fraction of sp³-hybridized carbons (Fsp3) is 0.350. The number of ether oxygens (including phenoxy) is 1. The summed E-state index contributed by atoms with van der Waals surface area (Å²) in [7, 11) is 0. The molecule has 1 aromatic carbocycles. The molecule has 156 valence electrons. The number of rotatable bonds is 3. The van der Waals surface area contributed by atoms with Gasteiger partial charge >= 0.3 is 6.18 Å². The topological polar surface area (TPSA) is 84.7 Å². The lowest BCUT2D eigenvalue weighted by Crippen LogP contribution is -2.41. The molecule has 2 saturated heterocycles. The van der Waals surface area contributed by atoms with Crippen molar-refractivity contribution in [3.63, 3.8) is 0 Å². The van der Waals surface area contributed by atoms with Gasteiger partial charge in [0.2, 0.25) is 11.8 Å². The number of halogens is 3. The van der Waals surface area contributed by atoms with E-state index in [1.54, 1.807) is 25.1 Å². The molecule has 2 aromatic rings. The average Bonchev–Trinajstić information content (AvgIpc) is 3.42. The maximum atomic E-state index is 13.1. The Bertz CT molecular complexity index is 1060. The number of benzene rings is 1. The standard InChI is InChI=1S/C20H16F3N3O4/c1-10-8-14(25-30-10)26-9-19-7-6-13(29-19)15(16(19)18(26)28)17(27)24-12-4-2-11(3-5-12)20(21,22)23/h2-8,13,15-16H,9H2,1H3,(H,24,27)/t13-,15?,16?,19?/m1/s1. The van der Waals surface area contributed by atoms with E-state index in [1.165, 1.54) is 17.0 Å². The van der Waals surface area contributed by atoms with Gasteiger partial charge in [0.1, 0.15) is 11.4 Å². The Morgan fingerprint density at radius 1 is 1.30 bits per heavy atom. The van der Waals surface area contributed by atoms with E-state index in [0.717, 1.165) is 12.1 Å². The van der Waals surface area contributed by atoms with Gasteiger partial charge in [-0.1, -0.05) is 17.3 Å². The molecule has 4 atom stereocenters. The Balaban J connectivity index is 1.38. The second kappa shape index (κ2) is 6.18. The molecule has 5 rings (SSSR count). The largest absolute Gasteiger partial charge is 0.416 e. The molecular formula is C20H16F3N3O4. The summed E-state index contributed by atoms with van der Waals surface area (Å²) in [6, 6.07) is 5.78. The van der Waals surface area contributed by atoms with Crippen LogP contribution < -0.4 is 10.2 Å². The number of alkyl halides is 3. The monoisotopic (exact) mass is 419 g/mol. The van der Waals surface area contributed by atoms with Gasteiger partial charge in [0.15, 0.2) is 5.82 Å². The molecular weight excluding hydrogens is 403 g/mol. The van der Waals surface area contributed by atoms with Crippen LogP contribution in [0.5, 0.6) is 0 Å². The minimum absolute atomic E-state index is 0.208. The third-order valence-corrected chi connectivity index (χ3v) is 5.77. The molecule has 0 radical (unpaired) electrons. The molecule has 1 N–H and O–H groups in total. The minimum atomic E-state index is -4.46. The second-order valence-corrected chi connectivity index (χ2v) is 7.68. The van der Waals surface area contributed by atoms with Crippen LogP contribution in [0.2, 0.25) is 0 Å². The Hall–Kier alpha value is -3.14. The van der Waals surface area contributed by atoms with E-state index in [0.29, 0.717) is 11.6 Å². The third-order valence-electron chi connectivity index (χ3n) is 5.77. The zero-order valence-electron chi connectivity index (χ0n) is 15.6. The van der Waals surface area contributed by atoms with E-state index < -0.39 is 41.2 Å². The average molecular weight is 419 g/mol. The second-order valence-electron chi connectivity index (χ2n) is 7.68. The zero-order valence-corrected chi connectivity index (χ0v) is 15.6. The van der Waals surface area contributed by atoms with Crippen LogP contribution >= 0.6 is 0 Å². The van der Waals surface area contributed by atoms with Gasteiger partial charge in [-0.05, 0) is 31.2 Å². The summed E-state index contributed by atoms with van der Waals surface area (Å²) in [5, 5.41) is 6.49. The molecule has 0 saturated carbocycles. The van der Waals surface area contributed by atoms with E-state index >= 15 is 0 Å². The predicted molar refractivity (Wildman–Crippen MR) is 97.4 cm³/mol. The third kappa shape index (κ3) is 2.74. The number of nitrogens with zero attached hydrogens (tertiary/aromatic N) is 2. The molecule has 0 aliphatic carbocycles. The SMILES string of the molecule is Cc1cc(N2CC34C=C[C@@H](O3)C(C(=O)Nc3ccc(C(F)(F)F)cc3)C4C2=O)no1. The lowest BCUT2D eigenvalue weighted by atomic mass is 9.77. The van der Waals surface area contributed by atoms with Crippen molar-refractivity contribution in [2.75, 3.05) is 16.8 Å². The van der Waals surface area contributed by atoms with Crippen molar-refractivity contribution < 1.29 is 32.0 Å². The number of fused-ring (bicyclic) bond motifs is 1. The maximum Gasteiger partial charge on any atom is 0.416 e. The lowest BCUT2D eigenvalue weighted by molar-refractivity contribution is -0.137. The molecule has 4 heterocycles. The van der Waals surface area contributed by atoms with E-state index in [9.17, 15) is 22.8 Å². The molecule has 2 bridgehead atoms. The van der Waals surface area contributed by atoms with Crippen LogP contribution in [0.3, 0.4) is 0 Å². The van der Waals surface area contributed by atoms with Gasteiger partial charge in [-0.15, -0.1) is 0 Å². The van der Waals surface area contributed by atoms with Crippen LogP contribution in [0.1, 0.15) is 11.3 Å². The van der Waals surface area contributed by atoms with Crippen molar-refractivity contribution in [1.82, 2.24) is 5.16 Å².